The zero-order valence-corrected chi connectivity index (χ0v) is 16.8. The second-order valence-corrected chi connectivity index (χ2v) is 6.27. The second kappa shape index (κ2) is 11.8. The molecule has 0 aliphatic carbocycles. The summed E-state index contributed by atoms with van der Waals surface area (Å²) < 4.78 is 11.2. The number of hydrogen-bond donors (Lipinski definition) is 1. The summed E-state index contributed by atoms with van der Waals surface area (Å²) in [6, 6.07) is 6.85. The van der Waals surface area contributed by atoms with Crippen LogP contribution in [0.5, 0.6) is 11.5 Å². The number of benzene rings is 1. The molecule has 0 bridgehead atoms. The Morgan fingerprint density at radius 3 is 2.33 bits per heavy atom. The van der Waals surface area contributed by atoms with Gasteiger partial charge in [0, 0.05) is 32.2 Å². The molecule has 0 amide bonds. The number of piperazine rings is 1. The number of ether oxygens (including phenoxy) is 2. The minimum atomic E-state index is 0. The maximum absolute atomic E-state index is 5.64. The first kappa shape index (κ1) is 23.3. The molecule has 4 nitrogen and oxygen atoms in total. The molecule has 0 spiro atoms. The Morgan fingerprint density at radius 2 is 1.79 bits per heavy atom. The molecule has 1 aliphatic heterocycles. The van der Waals surface area contributed by atoms with Gasteiger partial charge < -0.3 is 14.8 Å². The van der Waals surface area contributed by atoms with Crippen LogP contribution in [0, 0.1) is 5.92 Å². The van der Waals surface area contributed by atoms with Crippen molar-refractivity contribution in [3.63, 3.8) is 0 Å². The fourth-order valence-corrected chi connectivity index (χ4v) is 3.10. The molecule has 1 heterocycles. The minimum Gasteiger partial charge on any atom is -0.493 e. The second-order valence-electron chi connectivity index (χ2n) is 6.27. The normalized spacial score (nSPS) is 16.0. The molecular weight excluding hydrogens is 347 g/mol. The van der Waals surface area contributed by atoms with E-state index in [0.29, 0.717) is 18.6 Å². The summed E-state index contributed by atoms with van der Waals surface area (Å²) in [4.78, 5) is 2.59. The molecule has 0 radical (unpaired) electrons. The maximum Gasteiger partial charge on any atom is 0.161 e. The van der Waals surface area contributed by atoms with E-state index in [9.17, 15) is 0 Å². The number of rotatable bonds is 7. The van der Waals surface area contributed by atoms with Crippen LogP contribution >= 0.6 is 24.8 Å². The van der Waals surface area contributed by atoms with E-state index in [2.05, 4.69) is 36.2 Å². The monoisotopic (exact) mass is 378 g/mol. The molecule has 1 saturated heterocycles. The zero-order valence-electron chi connectivity index (χ0n) is 15.2. The molecule has 0 aromatic heterocycles. The third kappa shape index (κ3) is 6.32. The first-order valence-electron chi connectivity index (χ1n) is 8.41. The van der Waals surface area contributed by atoms with Gasteiger partial charge >= 0.3 is 0 Å². The molecule has 1 aliphatic rings. The third-order valence-corrected chi connectivity index (χ3v) is 4.16. The van der Waals surface area contributed by atoms with Gasteiger partial charge in [0.1, 0.15) is 0 Å². The summed E-state index contributed by atoms with van der Waals surface area (Å²) in [5.74, 6) is 2.33. The molecule has 2 rings (SSSR count). The molecule has 1 fully saturated rings. The molecule has 0 saturated carbocycles. The van der Waals surface area contributed by atoms with Crippen molar-refractivity contribution in [3.8, 4) is 11.5 Å². The van der Waals surface area contributed by atoms with E-state index in [4.69, 9.17) is 9.47 Å². The Bertz CT molecular complexity index is 466. The van der Waals surface area contributed by atoms with E-state index in [1.165, 1.54) is 5.56 Å². The molecular formula is C18H32Cl2N2O2. The summed E-state index contributed by atoms with van der Waals surface area (Å²) in [5.41, 5.74) is 1.33. The van der Waals surface area contributed by atoms with Gasteiger partial charge in [-0.3, -0.25) is 4.90 Å². The van der Waals surface area contributed by atoms with Crippen LogP contribution < -0.4 is 14.8 Å². The van der Waals surface area contributed by atoms with Crippen molar-refractivity contribution in [1.82, 2.24) is 10.2 Å². The average Bonchev–Trinajstić information content (AvgIpc) is 2.54. The Kier molecular flexibility index (Phi) is 11.5. The van der Waals surface area contributed by atoms with Crippen LogP contribution in [-0.2, 0) is 0 Å². The van der Waals surface area contributed by atoms with Crippen molar-refractivity contribution in [2.75, 3.05) is 39.9 Å². The lowest BCUT2D eigenvalue weighted by atomic mass is 9.94. The van der Waals surface area contributed by atoms with Crippen LogP contribution in [-0.4, -0.2) is 44.8 Å². The van der Waals surface area contributed by atoms with Crippen molar-refractivity contribution >= 4 is 24.8 Å². The van der Waals surface area contributed by atoms with Crippen molar-refractivity contribution in [1.29, 1.82) is 0 Å². The van der Waals surface area contributed by atoms with Gasteiger partial charge in [-0.1, -0.05) is 19.9 Å². The summed E-state index contributed by atoms with van der Waals surface area (Å²) in [6.45, 7) is 11.6. The molecule has 1 aromatic rings. The highest BCUT2D eigenvalue weighted by Crippen LogP contribution is 2.35. The molecule has 1 atom stereocenters. The average molecular weight is 379 g/mol. The fourth-order valence-electron chi connectivity index (χ4n) is 3.10. The fraction of sp³-hybridized carbons (Fsp3) is 0.667. The molecule has 6 heteroatoms. The van der Waals surface area contributed by atoms with Gasteiger partial charge in [-0.15, -0.1) is 24.8 Å². The molecule has 1 aromatic carbocycles. The summed E-state index contributed by atoms with van der Waals surface area (Å²) in [5, 5.41) is 3.44. The van der Waals surface area contributed by atoms with E-state index in [1.54, 1.807) is 7.11 Å². The van der Waals surface area contributed by atoms with E-state index >= 15 is 0 Å². The topological polar surface area (TPSA) is 33.7 Å². The Hall–Kier alpha value is -0.680. The van der Waals surface area contributed by atoms with Gasteiger partial charge in [0.05, 0.1) is 13.7 Å². The van der Waals surface area contributed by atoms with Crippen molar-refractivity contribution in [2.45, 2.75) is 33.2 Å². The third-order valence-electron chi connectivity index (χ3n) is 4.16. The van der Waals surface area contributed by atoms with Crippen LogP contribution in [0.25, 0.3) is 0 Å². The molecule has 0 unspecified atom stereocenters. The predicted octanol–water partition coefficient (Wildman–Crippen LogP) is 3.93. The summed E-state index contributed by atoms with van der Waals surface area (Å²) >= 11 is 0. The quantitative estimate of drug-likeness (QED) is 0.778. The van der Waals surface area contributed by atoms with Crippen molar-refractivity contribution in [2.24, 2.45) is 5.92 Å². The minimum absolute atomic E-state index is 0. The van der Waals surface area contributed by atoms with Gasteiger partial charge in [0.15, 0.2) is 11.5 Å². The lowest BCUT2D eigenvalue weighted by Crippen LogP contribution is -2.45. The van der Waals surface area contributed by atoms with E-state index in [1.807, 2.05) is 13.0 Å². The highest BCUT2D eigenvalue weighted by atomic mass is 35.5. The predicted molar refractivity (Wildman–Crippen MR) is 105 cm³/mol. The Balaban J connectivity index is 0.00000264. The molecule has 1 N–H and O–H groups in total. The summed E-state index contributed by atoms with van der Waals surface area (Å²) in [7, 11) is 1.71. The number of methoxy groups -OCH3 is 1. The SMILES string of the molecule is CCOc1ccc([C@H](CC(C)C)N2CCNCC2)cc1OC.Cl.Cl. The van der Waals surface area contributed by atoms with Crippen LogP contribution in [0.1, 0.15) is 38.8 Å². The van der Waals surface area contributed by atoms with Crippen LogP contribution in [0.4, 0.5) is 0 Å². The number of nitrogens with one attached hydrogen (secondary N) is 1. The van der Waals surface area contributed by atoms with Crippen LogP contribution in [0.2, 0.25) is 0 Å². The van der Waals surface area contributed by atoms with Crippen molar-refractivity contribution < 1.29 is 9.47 Å². The number of hydrogen-bond acceptors (Lipinski definition) is 4. The van der Waals surface area contributed by atoms with Gasteiger partial charge in [-0.05, 0) is 37.0 Å². The highest BCUT2D eigenvalue weighted by molar-refractivity contribution is 5.85. The lowest BCUT2D eigenvalue weighted by Gasteiger charge is -2.36. The van der Waals surface area contributed by atoms with Crippen LogP contribution in [0.15, 0.2) is 18.2 Å². The van der Waals surface area contributed by atoms with Crippen molar-refractivity contribution in [3.05, 3.63) is 23.8 Å². The summed E-state index contributed by atoms with van der Waals surface area (Å²) in [6.07, 6.45) is 1.16. The zero-order chi connectivity index (χ0) is 15.9. The smallest absolute Gasteiger partial charge is 0.161 e. The van der Waals surface area contributed by atoms with Gasteiger partial charge in [0.2, 0.25) is 0 Å². The first-order chi connectivity index (χ1) is 10.7. The molecule has 24 heavy (non-hydrogen) atoms. The molecule has 140 valence electrons. The Labute approximate surface area is 159 Å². The van der Waals surface area contributed by atoms with Gasteiger partial charge in [-0.2, -0.15) is 0 Å². The lowest BCUT2D eigenvalue weighted by molar-refractivity contribution is 0.153. The standard InChI is InChI=1S/C18H30N2O2.2ClH/c1-5-22-17-7-6-15(13-18(17)21-4)16(12-14(2)3)20-10-8-19-9-11-20;;/h6-7,13-14,16,19H,5,8-12H2,1-4H3;2*1H/t16-;;/m0../s1. The largest absolute Gasteiger partial charge is 0.493 e. The van der Waals surface area contributed by atoms with Gasteiger partial charge in [0.25, 0.3) is 0 Å². The highest BCUT2D eigenvalue weighted by Gasteiger charge is 2.24. The first-order valence-corrected chi connectivity index (χ1v) is 8.41. The maximum atomic E-state index is 5.64. The van der Waals surface area contributed by atoms with E-state index in [-0.39, 0.29) is 24.8 Å². The number of nitrogens with zero attached hydrogens (tertiary/aromatic N) is 1. The van der Waals surface area contributed by atoms with Gasteiger partial charge in [-0.25, -0.2) is 0 Å². The number of halogens is 2. The van der Waals surface area contributed by atoms with Crippen LogP contribution in [0.3, 0.4) is 0 Å². The van der Waals surface area contributed by atoms with E-state index < -0.39 is 0 Å². The Morgan fingerprint density at radius 1 is 1.12 bits per heavy atom. The van der Waals surface area contributed by atoms with E-state index in [0.717, 1.165) is 44.1 Å².